The van der Waals surface area contributed by atoms with Gasteiger partial charge in [-0.3, -0.25) is 9.89 Å². The maximum atomic E-state index is 12.3. The average molecular weight is 286 g/mol. The van der Waals surface area contributed by atoms with Crippen LogP contribution < -0.4 is 5.32 Å². The van der Waals surface area contributed by atoms with E-state index in [0.29, 0.717) is 41.0 Å². The van der Waals surface area contributed by atoms with Gasteiger partial charge in [0.05, 0.1) is 16.6 Å². The highest BCUT2D eigenvalue weighted by atomic mass is 16.5. The van der Waals surface area contributed by atoms with Crippen LogP contribution in [-0.4, -0.2) is 37.8 Å². The number of H-pyrrole nitrogens is 1. The van der Waals surface area contributed by atoms with E-state index in [-0.39, 0.29) is 5.91 Å². The van der Waals surface area contributed by atoms with Crippen molar-refractivity contribution in [2.45, 2.75) is 20.3 Å². The summed E-state index contributed by atoms with van der Waals surface area (Å²) >= 11 is 0. The van der Waals surface area contributed by atoms with Gasteiger partial charge in [-0.25, -0.2) is 9.97 Å². The number of aromatic nitrogens is 5. The number of amides is 1. The fourth-order valence-corrected chi connectivity index (χ4v) is 2.14. The van der Waals surface area contributed by atoms with Gasteiger partial charge in [0.15, 0.2) is 0 Å². The summed E-state index contributed by atoms with van der Waals surface area (Å²) in [6, 6.07) is 1.73. The largest absolute Gasteiger partial charge is 0.352 e. The highest BCUT2D eigenvalue weighted by Gasteiger charge is 2.17. The molecule has 8 nitrogen and oxygen atoms in total. The van der Waals surface area contributed by atoms with E-state index >= 15 is 0 Å². The maximum Gasteiger partial charge on any atom is 0.258 e. The average Bonchev–Trinajstić information content (AvgIpc) is 3.08. The molecule has 108 valence electrons. The molecular weight excluding hydrogens is 272 g/mol. The first kappa shape index (κ1) is 13.2. The lowest BCUT2D eigenvalue weighted by Gasteiger charge is -2.06. The van der Waals surface area contributed by atoms with Gasteiger partial charge in [-0.15, -0.1) is 0 Å². The van der Waals surface area contributed by atoms with Gasteiger partial charge < -0.3 is 9.84 Å². The van der Waals surface area contributed by atoms with E-state index < -0.39 is 0 Å². The molecule has 3 aromatic rings. The van der Waals surface area contributed by atoms with Crippen LogP contribution in [0.25, 0.3) is 11.1 Å². The van der Waals surface area contributed by atoms with Gasteiger partial charge in [-0.2, -0.15) is 5.10 Å². The summed E-state index contributed by atoms with van der Waals surface area (Å²) in [7, 11) is 0. The summed E-state index contributed by atoms with van der Waals surface area (Å²) in [4.78, 5) is 20.6. The smallest absolute Gasteiger partial charge is 0.258 e. The van der Waals surface area contributed by atoms with Crippen LogP contribution in [0.5, 0.6) is 0 Å². The van der Waals surface area contributed by atoms with E-state index in [1.807, 2.05) is 6.92 Å². The number of carbonyl (C=O) groups is 1. The highest BCUT2D eigenvalue weighted by Crippen LogP contribution is 2.21. The van der Waals surface area contributed by atoms with Gasteiger partial charge in [0, 0.05) is 18.7 Å². The first-order valence-corrected chi connectivity index (χ1v) is 6.51. The van der Waals surface area contributed by atoms with E-state index in [9.17, 15) is 4.79 Å². The number of hydrogen-bond donors (Lipinski definition) is 2. The molecule has 3 rings (SSSR count). The second-order valence-corrected chi connectivity index (χ2v) is 4.70. The number of pyridine rings is 1. The molecule has 0 bridgehead atoms. The first-order valence-electron chi connectivity index (χ1n) is 6.51. The Kier molecular flexibility index (Phi) is 3.35. The molecule has 0 spiro atoms. The molecule has 0 fully saturated rings. The fraction of sp³-hybridized carbons (Fsp3) is 0.308. The molecule has 1 amide bonds. The molecule has 3 heterocycles. The quantitative estimate of drug-likeness (QED) is 0.738. The SMILES string of the molecule is Cc1cc(C(=O)NCCc2ncn[nH]2)c2c(C)noc2n1. The Morgan fingerprint density at radius 1 is 1.43 bits per heavy atom. The van der Waals surface area contributed by atoms with E-state index in [4.69, 9.17) is 4.52 Å². The number of aryl methyl sites for hydroxylation is 2. The van der Waals surface area contributed by atoms with Crippen molar-refractivity contribution in [3.8, 4) is 0 Å². The predicted octanol–water partition coefficient (Wildman–Crippen LogP) is 0.930. The van der Waals surface area contributed by atoms with Crippen molar-refractivity contribution < 1.29 is 9.32 Å². The molecule has 2 N–H and O–H groups in total. The Morgan fingerprint density at radius 2 is 2.29 bits per heavy atom. The lowest BCUT2D eigenvalue weighted by Crippen LogP contribution is -2.26. The molecule has 0 saturated carbocycles. The number of fused-ring (bicyclic) bond motifs is 1. The van der Waals surface area contributed by atoms with E-state index in [1.54, 1.807) is 13.0 Å². The normalized spacial score (nSPS) is 11.0. The standard InChI is InChI=1S/C13H14N6O2/c1-7-5-9(11-8(2)19-21-13(11)17-7)12(20)14-4-3-10-15-6-16-18-10/h5-6H,3-4H2,1-2H3,(H,14,20)(H,15,16,18). The Balaban J connectivity index is 1.79. The van der Waals surface area contributed by atoms with Crippen molar-refractivity contribution in [2.75, 3.05) is 6.54 Å². The van der Waals surface area contributed by atoms with Crippen LogP contribution in [0, 0.1) is 13.8 Å². The molecule has 0 unspecified atom stereocenters. The second-order valence-electron chi connectivity index (χ2n) is 4.70. The van der Waals surface area contributed by atoms with Crippen LogP contribution in [-0.2, 0) is 6.42 Å². The lowest BCUT2D eigenvalue weighted by atomic mass is 10.1. The third-order valence-electron chi connectivity index (χ3n) is 3.10. The number of carbonyl (C=O) groups excluding carboxylic acids is 1. The summed E-state index contributed by atoms with van der Waals surface area (Å²) in [5, 5.41) is 13.9. The topological polar surface area (TPSA) is 110 Å². The van der Waals surface area contributed by atoms with Crippen molar-refractivity contribution in [1.82, 2.24) is 30.6 Å². The third kappa shape index (κ3) is 2.60. The number of nitrogens with one attached hydrogen (secondary N) is 2. The molecule has 8 heteroatoms. The van der Waals surface area contributed by atoms with Gasteiger partial charge in [-0.1, -0.05) is 5.16 Å². The Bertz CT molecular complexity index is 777. The van der Waals surface area contributed by atoms with Crippen molar-refractivity contribution in [3.63, 3.8) is 0 Å². The van der Waals surface area contributed by atoms with E-state index in [1.165, 1.54) is 6.33 Å². The van der Waals surface area contributed by atoms with Crippen LogP contribution in [0.1, 0.15) is 27.6 Å². The zero-order valence-electron chi connectivity index (χ0n) is 11.7. The zero-order valence-corrected chi connectivity index (χ0v) is 11.7. The van der Waals surface area contributed by atoms with Gasteiger partial charge in [0.25, 0.3) is 11.6 Å². The highest BCUT2D eigenvalue weighted by molar-refractivity contribution is 6.06. The number of rotatable bonds is 4. The minimum atomic E-state index is -0.184. The van der Waals surface area contributed by atoms with E-state index in [2.05, 4.69) is 30.6 Å². The van der Waals surface area contributed by atoms with Crippen LogP contribution in [0.4, 0.5) is 0 Å². The number of aromatic amines is 1. The molecule has 0 aliphatic heterocycles. The Hall–Kier alpha value is -2.77. The number of nitrogens with zero attached hydrogens (tertiary/aromatic N) is 4. The van der Waals surface area contributed by atoms with Gasteiger partial charge in [0.1, 0.15) is 12.2 Å². The molecular formula is C13H14N6O2. The number of hydrogen-bond acceptors (Lipinski definition) is 6. The monoisotopic (exact) mass is 286 g/mol. The van der Waals surface area contributed by atoms with Crippen LogP contribution in [0.3, 0.4) is 0 Å². The first-order chi connectivity index (χ1) is 10.1. The van der Waals surface area contributed by atoms with Crippen LogP contribution in [0.2, 0.25) is 0 Å². The minimum Gasteiger partial charge on any atom is -0.352 e. The van der Waals surface area contributed by atoms with Crippen molar-refractivity contribution in [2.24, 2.45) is 0 Å². The molecule has 21 heavy (non-hydrogen) atoms. The van der Waals surface area contributed by atoms with Crippen LogP contribution in [0.15, 0.2) is 16.9 Å². The molecule has 0 aliphatic rings. The molecule has 0 atom stereocenters. The second kappa shape index (κ2) is 5.31. The molecule has 0 aromatic carbocycles. The molecule has 0 aliphatic carbocycles. The Labute approximate surface area is 120 Å². The van der Waals surface area contributed by atoms with Gasteiger partial charge in [0.2, 0.25) is 0 Å². The minimum absolute atomic E-state index is 0.184. The summed E-state index contributed by atoms with van der Waals surface area (Å²) in [6.45, 7) is 4.05. The lowest BCUT2D eigenvalue weighted by molar-refractivity contribution is 0.0955. The molecule has 0 radical (unpaired) electrons. The summed E-state index contributed by atoms with van der Waals surface area (Å²) in [5.41, 5.74) is 2.26. The maximum absolute atomic E-state index is 12.3. The molecule has 3 aromatic heterocycles. The van der Waals surface area contributed by atoms with Crippen LogP contribution >= 0.6 is 0 Å². The summed E-state index contributed by atoms with van der Waals surface area (Å²) in [6.07, 6.45) is 2.02. The summed E-state index contributed by atoms with van der Waals surface area (Å²) < 4.78 is 5.12. The van der Waals surface area contributed by atoms with Crippen molar-refractivity contribution >= 4 is 17.0 Å². The van der Waals surface area contributed by atoms with E-state index in [0.717, 1.165) is 5.82 Å². The van der Waals surface area contributed by atoms with Crippen molar-refractivity contribution in [3.05, 3.63) is 35.2 Å². The van der Waals surface area contributed by atoms with Gasteiger partial charge in [-0.05, 0) is 19.9 Å². The molecule has 0 saturated heterocycles. The zero-order chi connectivity index (χ0) is 14.8. The fourth-order valence-electron chi connectivity index (χ4n) is 2.14. The summed E-state index contributed by atoms with van der Waals surface area (Å²) in [5.74, 6) is 0.545. The Morgan fingerprint density at radius 3 is 3.05 bits per heavy atom. The predicted molar refractivity (Wildman–Crippen MR) is 73.7 cm³/mol. The van der Waals surface area contributed by atoms with Gasteiger partial charge >= 0.3 is 0 Å². The van der Waals surface area contributed by atoms with Crippen molar-refractivity contribution in [1.29, 1.82) is 0 Å². The third-order valence-corrected chi connectivity index (χ3v) is 3.10.